The van der Waals surface area contributed by atoms with Gasteiger partial charge in [0, 0.05) is 11.8 Å². The van der Waals surface area contributed by atoms with E-state index >= 15 is 0 Å². The molecule has 0 spiro atoms. The van der Waals surface area contributed by atoms with Gasteiger partial charge in [0.2, 0.25) is 0 Å². The number of hydrogen-bond donors (Lipinski definition) is 1. The Morgan fingerprint density at radius 1 is 1.21 bits per heavy atom. The van der Waals surface area contributed by atoms with Crippen molar-refractivity contribution in [2.24, 2.45) is 0 Å². The zero-order valence-electron chi connectivity index (χ0n) is 12.8. The van der Waals surface area contributed by atoms with Crippen molar-refractivity contribution in [3.63, 3.8) is 0 Å². The fraction of sp³-hybridized carbons (Fsp3) is 0.0556. The highest BCUT2D eigenvalue weighted by molar-refractivity contribution is 7.11. The maximum Gasteiger partial charge on any atom is 0.257 e. The van der Waals surface area contributed by atoms with Crippen LogP contribution in [0.15, 0.2) is 48.0 Å². The van der Waals surface area contributed by atoms with E-state index in [0.717, 1.165) is 10.6 Å². The number of benzene rings is 1. The highest BCUT2D eigenvalue weighted by Crippen LogP contribution is 2.36. The predicted molar refractivity (Wildman–Crippen MR) is 94.1 cm³/mol. The largest absolute Gasteiger partial charge is 0.456 e. The van der Waals surface area contributed by atoms with E-state index in [2.05, 4.69) is 15.3 Å². The van der Waals surface area contributed by atoms with Crippen molar-refractivity contribution in [2.45, 2.75) is 6.92 Å². The maximum absolute atomic E-state index is 12.3. The summed E-state index contributed by atoms with van der Waals surface area (Å²) in [6, 6.07) is 11.4. The Balaban J connectivity index is 1.70. The second kappa shape index (κ2) is 5.90. The number of rotatable bonds is 3. The molecule has 1 N–H and O–H groups in total. The smallest absolute Gasteiger partial charge is 0.257 e. The van der Waals surface area contributed by atoms with E-state index < -0.39 is 0 Å². The molecule has 4 rings (SSSR count). The molecule has 6 heteroatoms. The summed E-state index contributed by atoms with van der Waals surface area (Å²) in [4.78, 5) is 21.6. The molecule has 0 fully saturated rings. The number of aromatic nitrogens is 2. The van der Waals surface area contributed by atoms with Gasteiger partial charge in [-0.25, -0.2) is 9.97 Å². The number of carbonyl (C=O) groups excluding carboxylic acids is 1. The van der Waals surface area contributed by atoms with Gasteiger partial charge in [-0.05, 0) is 36.6 Å². The molecule has 1 amide bonds. The summed E-state index contributed by atoms with van der Waals surface area (Å²) in [6.45, 7) is 1.79. The Kier molecular flexibility index (Phi) is 3.59. The lowest BCUT2D eigenvalue weighted by Crippen LogP contribution is -2.04. The summed E-state index contributed by atoms with van der Waals surface area (Å²) in [5.74, 6) is 2.48. The average molecular weight is 335 g/mol. The monoisotopic (exact) mass is 335 g/mol. The van der Waals surface area contributed by atoms with Crippen molar-refractivity contribution in [1.82, 2.24) is 9.97 Å². The fourth-order valence-corrected chi connectivity index (χ4v) is 3.20. The van der Waals surface area contributed by atoms with Gasteiger partial charge in [-0.15, -0.1) is 11.3 Å². The van der Waals surface area contributed by atoms with Crippen LogP contribution in [0.2, 0.25) is 0 Å². The minimum atomic E-state index is -0.177. The minimum Gasteiger partial charge on any atom is -0.456 e. The predicted octanol–water partition coefficient (Wildman–Crippen LogP) is 4.13. The molecular formula is C18H13N3O2S. The van der Waals surface area contributed by atoms with Crippen molar-refractivity contribution in [3.05, 3.63) is 64.2 Å². The quantitative estimate of drug-likeness (QED) is 0.731. The van der Waals surface area contributed by atoms with Gasteiger partial charge in [-0.3, -0.25) is 4.79 Å². The molecule has 3 heterocycles. The average Bonchev–Trinajstić information content (AvgIpc) is 3.13. The molecule has 1 aromatic carbocycles. The summed E-state index contributed by atoms with van der Waals surface area (Å²) in [5, 5.41) is 4.71. The van der Waals surface area contributed by atoms with Crippen LogP contribution in [0.4, 0.5) is 5.82 Å². The molecule has 24 heavy (non-hydrogen) atoms. The van der Waals surface area contributed by atoms with E-state index in [1.807, 2.05) is 47.9 Å². The third-order valence-corrected chi connectivity index (χ3v) is 4.42. The second-order valence-corrected chi connectivity index (χ2v) is 6.20. The van der Waals surface area contributed by atoms with Crippen LogP contribution in [0.3, 0.4) is 0 Å². The van der Waals surface area contributed by atoms with E-state index in [-0.39, 0.29) is 5.91 Å². The fourth-order valence-electron chi connectivity index (χ4n) is 2.45. The molecule has 1 aliphatic heterocycles. The molecule has 2 aromatic heterocycles. The molecule has 0 unspecified atom stereocenters. The molecule has 1 aliphatic rings. The standard InChI is InChI=1S/C18H13N3O2S/c1-11-19-10-14-13(18(22)21-17(14)20-11)9-16-15(7-8-24-16)23-12-5-3-2-4-6-12/h2-10H,1H3,(H,19,20,21,22). The Morgan fingerprint density at radius 3 is 2.88 bits per heavy atom. The molecular weight excluding hydrogens is 322 g/mol. The van der Waals surface area contributed by atoms with E-state index in [4.69, 9.17) is 4.74 Å². The minimum absolute atomic E-state index is 0.177. The Morgan fingerprint density at radius 2 is 2.04 bits per heavy atom. The number of carbonyl (C=O) groups is 1. The molecule has 3 aromatic rings. The highest BCUT2D eigenvalue weighted by Gasteiger charge is 2.26. The summed E-state index contributed by atoms with van der Waals surface area (Å²) >= 11 is 1.51. The molecule has 118 valence electrons. The number of ether oxygens (including phenoxy) is 1. The van der Waals surface area contributed by atoms with Gasteiger partial charge in [0.05, 0.1) is 10.5 Å². The van der Waals surface area contributed by atoms with Crippen molar-refractivity contribution in [2.75, 3.05) is 5.32 Å². The van der Waals surface area contributed by atoms with Crippen molar-refractivity contribution >= 4 is 34.7 Å². The van der Waals surface area contributed by atoms with Crippen LogP contribution in [-0.4, -0.2) is 15.9 Å². The van der Waals surface area contributed by atoms with Gasteiger partial charge in [0.25, 0.3) is 5.91 Å². The van der Waals surface area contributed by atoms with Gasteiger partial charge in [-0.2, -0.15) is 0 Å². The lowest BCUT2D eigenvalue weighted by Gasteiger charge is -2.05. The first-order valence-electron chi connectivity index (χ1n) is 7.38. The topological polar surface area (TPSA) is 64.1 Å². The van der Waals surface area contributed by atoms with Crippen LogP contribution >= 0.6 is 11.3 Å². The second-order valence-electron chi connectivity index (χ2n) is 5.26. The molecule has 5 nitrogen and oxygen atoms in total. The van der Waals surface area contributed by atoms with Crippen LogP contribution in [0.1, 0.15) is 16.3 Å². The van der Waals surface area contributed by atoms with Crippen LogP contribution in [0.5, 0.6) is 11.5 Å². The zero-order valence-corrected chi connectivity index (χ0v) is 13.6. The summed E-state index contributed by atoms with van der Waals surface area (Å²) < 4.78 is 5.90. The molecule has 0 saturated carbocycles. The Labute approximate surface area is 142 Å². The van der Waals surface area contributed by atoms with E-state index in [0.29, 0.717) is 28.5 Å². The number of nitrogens with one attached hydrogen (secondary N) is 1. The van der Waals surface area contributed by atoms with Crippen LogP contribution in [0, 0.1) is 6.92 Å². The third-order valence-electron chi connectivity index (χ3n) is 3.58. The van der Waals surface area contributed by atoms with E-state index in [1.54, 1.807) is 13.1 Å². The number of fused-ring (bicyclic) bond motifs is 1. The summed E-state index contributed by atoms with van der Waals surface area (Å²) in [6.07, 6.45) is 3.50. The normalized spacial score (nSPS) is 14.5. The van der Waals surface area contributed by atoms with Crippen molar-refractivity contribution in [1.29, 1.82) is 0 Å². The molecule has 0 radical (unpaired) electrons. The first-order valence-corrected chi connectivity index (χ1v) is 8.26. The maximum atomic E-state index is 12.3. The lowest BCUT2D eigenvalue weighted by atomic mass is 10.1. The number of para-hydroxylation sites is 1. The first-order chi connectivity index (χ1) is 11.7. The van der Waals surface area contributed by atoms with Crippen LogP contribution in [-0.2, 0) is 4.79 Å². The van der Waals surface area contributed by atoms with Crippen LogP contribution in [0.25, 0.3) is 11.6 Å². The number of thiophene rings is 1. The number of anilines is 1. The van der Waals surface area contributed by atoms with Gasteiger partial charge in [0.1, 0.15) is 23.1 Å². The van der Waals surface area contributed by atoms with Gasteiger partial charge in [-0.1, -0.05) is 18.2 Å². The zero-order chi connectivity index (χ0) is 16.5. The Bertz CT molecular complexity index is 948. The van der Waals surface area contributed by atoms with E-state index in [9.17, 15) is 4.79 Å². The van der Waals surface area contributed by atoms with Gasteiger partial charge in [0.15, 0.2) is 0 Å². The summed E-state index contributed by atoms with van der Waals surface area (Å²) in [7, 11) is 0. The number of amides is 1. The molecule has 0 bridgehead atoms. The van der Waals surface area contributed by atoms with Gasteiger partial charge < -0.3 is 10.1 Å². The van der Waals surface area contributed by atoms with E-state index in [1.165, 1.54) is 11.3 Å². The SMILES string of the molecule is Cc1ncc2c(n1)NC(=O)C2=Cc1sccc1Oc1ccccc1. The molecule has 0 atom stereocenters. The van der Waals surface area contributed by atoms with Crippen LogP contribution < -0.4 is 10.1 Å². The molecule has 0 aliphatic carbocycles. The molecule has 0 saturated heterocycles. The lowest BCUT2D eigenvalue weighted by molar-refractivity contribution is -0.110. The first kappa shape index (κ1) is 14.6. The number of nitrogens with zero attached hydrogens (tertiary/aromatic N) is 2. The van der Waals surface area contributed by atoms with Gasteiger partial charge >= 0.3 is 0 Å². The van der Waals surface area contributed by atoms with Crippen molar-refractivity contribution < 1.29 is 9.53 Å². The van der Waals surface area contributed by atoms with Crippen molar-refractivity contribution in [3.8, 4) is 11.5 Å². The number of aryl methyl sites for hydroxylation is 1. The third kappa shape index (κ3) is 2.68. The number of hydrogen-bond acceptors (Lipinski definition) is 5. The Hall–Kier alpha value is -2.99. The summed E-state index contributed by atoms with van der Waals surface area (Å²) in [5.41, 5.74) is 1.26. The highest BCUT2D eigenvalue weighted by atomic mass is 32.1.